The van der Waals surface area contributed by atoms with E-state index in [0.717, 1.165) is 0 Å². The summed E-state index contributed by atoms with van der Waals surface area (Å²) in [5, 5.41) is 0. The van der Waals surface area contributed by atoms with Gasteiger partial charge in [-0.1, -0.05) is 24.3 Å². The maximum absolute atomic E-state index is 12.7. The van der Waals surface area contributed by atoms with Crippen molar-refractivity contribution in [1.82, 2.24) is 0 Å². The number of carbonyl (C=O) groups is 2. The van der Waals surface area contributed by atoms with Crippen LogP contribution in [0.25, 0.3) is 0 Å². The van der Waals surface area contributed by atoms with Crippen LogP contribution in [0.1, 0.15) is 40.5 Å². The van der Waals surface area contributed by atoms with Gasteiger partial charge < -0.3 is 4.74 Å². The van der Waals surface area contributed by atoms with Gasteiger partial charge in [0.05, 0.1) is 17.6 Å². The molecule has 2 aliphatic carbocycles. The van der Waals surface area contributed by atoms with Crippen LogP contribution < -0.4 is 0 Å². The third-order valence-corrected chi connectivity index (χ3v) is 4.84. The van der Waals surface area contributed by atoms with E-state index in [-0.39, 0.29) is 29.7 Å². The van der Waals surface area contributed by atoms with Gasteiger partial charge in [0.2, 0.25) is 0 Å². The van der Waals surface area contributed by atoms with Crippen molar-refractivity contribution in [2.45, 2.75) is 32.0 Å². The third-order valence-electron chi connectivity index (χ3n) is 4.84. The number of hydrogen-bond acceptors (Lipinski definition) is 3. The van der Waals surface area contributed by atoms with Gasteiger partial charge in [-0.3, -0.25) is 9.59 Å². The van der Waals surface area contributed by atoms with Crippen molar-refractivity contribution in [3.05, 3.63) is 35.4 Å². The molecule has 3 nitrogen and oxygen atoms in total. The molecule has 0 unspecified atom stereocenters. The van der Waals surface area contributed by atoms with Crippen LogP contribution in [-0.4, -0.2) is 23.8 Å². The van der Waals surface area contributed by atoms with Crippen LogP contribution in [0.4, 0.5) is 0 Å². The quantitative estimate of drug-likeness (QED) is 0.700. The molecule has 4 rings (SSSR count). The number of rotatable bonds is 0. The summed E-state index contributed by atoms with van der Waals surface area (Å²) in [6.07, 6.45) is 1.45. The normalized spacial score (nSPS) is 40.8. The van der Waals surface area contributed by atoms with Gasteiger partial charge in [0.1, 0.15) is 0 Å². The predicted octanol–water partition coefficient (Wildman–Crippen LogP) is 2.25. The fourth-order valence-corrected chi connectivity index (χ4v) is 4.03. The van der Waals surface area contributed by atoms with Gasteiger partial charge in [0.15, 0.2) is 11.6 Å². The molecule has 1 aromatic carbocycles. The van der Waals surface area contributed by atoms with E-state index in [2.05, 4.69) is 0 Å². The zero-order valence-corrected chi connectivity index (χ0v) is 10.2. The Labute approximate surface area is 105 Å². The molecular weight excluding hydrogens is 228 g/mol. The Morgan fingerprint density at radius 2 is 1.94 bits per heavy atom. The zero-order chi connectivity index (χ0) is 12.5. The number of benzene rings is 1. The Balaban J connectivity index is 1.92. The van der Waals surface area contributed by atoms with E-state index < -0.39 is 5.41 Å². The first-order valence-corrected chi connectivity index (χ1v) is 6.48. The fraction of sp³-hybridized carbons (Fsp3) is 0.467. The molecular formula is C15H14O3. The maximum atomic E-state index is 12.7. The highest BCUT2D eigenvalue weighted by Crippen LogP contribution is 2.61. The molecule has 1 saturated heterocycles. The lowest BCUT2D eigenvalue weighted by Crippen LogP contribution is -2.61. The van der Waals surface area contributed by atoms with E-state index in [1.54, 1.807) is 12.1 Å². The van der Waals surface area contributed by atoms with Crippen LogP contribution in [0.15, 0.2) is 24.3 Å². The monoisotopic (exact) mass is 242 g/mol. The number of ether oxygens (including phenoxy) is 1. The summed E-state index contributed by atoms with van der Waals surface area (Å²) >= 11 is 0. The molecule has 4 atom stereocenters. The molecule has 1 saturated carbocycles. The summed E-state index contributed by atoms with van der Waals surface area (Å²) in [6, 6.07) is 7.20. The summed E-state index contributed by atoms with van der Waals surface area (Å²) in [7, 11) is 0. The maximum Gasteiger partial charge on any atom is 0.173 e. The lowest BCUT2D eigenvalue weighted by atomic mass is 9.49. The third kappa shape index (κ3) is 0.962. The molecule has 92 valence electrons. The minimum absolute atomic E-state index is 0.0395. The van der Waals surface area contributed by atoms with Gasteiger partial charge in [-0.15, -0.1) is 0 Å². The molecule has 0 bridgehead atoms. The summed E-state index contributed by atoms with van der Waals surface area (Å²) < 4.78 is 5.78. The van der Waals surface area contributed by atoms with E-state index in [0.29, 0.717) is 24.0 Å². The summed E-state index contributed by atoms with van der Waals surface area (Å²) in [5.74, 6) is 0.123. The number of hydrogen-bond donors (Lipinski definition) is 0. The minimum atomic E-state index is -0.537. The topological polar surface area (TPSA) is 43.4 Å². The molecule has 3 heteroatoms. The smallest absolute Gasteiger partial charge is 0.173 e. The van der Waals surface area contributed by atoms with Gasteiger partial charge in [-0.05, 0) is 19.8 Å². The molecule has 18 heavy (non-hydrogen) atoms. The zero-order valence-electron chi connectivity index (χ0n) is 10.2. The molecule has 3 aliphatic rings. The Kier molecular flexibility index (Phi) is 1.80. The van der Waals surface area contributed by atoms with Gasteiger partial charge in [-0.2, -0.15) is 0 Å². The van der Waals surface area contributed by atoms with Crippen LogP contribution >= 0.6 is 0 Å². The number of fused-ring (bicyclic) bond motifs is 1. The van der Waals surface area contributed by atoms with Gasteiger partial charge in [0, 0.05) is 17.0 Å². The second-order valence-corrected chi connectivity index (χ2v) is 5.71. The van der Waals surface area contributed by atoms with Crippen molar-refractivity contribution in [2.75, 3.05) is 0 Å². The standard InChI is InChI=1S/C15H14O3/c1-8-7-15-11(6-12(15)18-8)13(16)9-4-2-3-5-10(9)14(15)17/h2-5,8,11-12H,6-7H2,1H3/t8-,11+,12-,15-/m1/s1. The summed E-state index contributed by atoms with van der Waals surface area (Å²) in [4.78, 5) is 25.2. The Morgan fingerprint density at radius 1 is 1.22 bits per heavy atom. The minimum Gasteiger partial charge on any atom is -0.374 e. The van der Waals surface area contributed by atoms with Gasteiger partial charge in [-0.25, -0.2) is 0 Å². The largest absolute Gasteiger partial charge is 0.374 e. The van der Waals surface area contributed by atoms with Crippen molar-refractivity contribution in [1.29, 1.82) is 0 Å². The second-order valence-electron chi connectivity index (χ2n) is 5.71. The molecule has 0 amide bonds. The first kappa shape index (κ1) is 10.4. The second kappa shape index (κ2) is 3.09. The van der Waals surface area contributed by atoms with Crippen LogP contribution in [-0.2, 0) is 4.74 Å². The number of ketones is 2. The van der Waals surface area contributed by atoms with Crippen LogP contribution in [0.2, 0.25) is 0 Å². The van der Waals surface area contributed by atoms with Crippen molar-refractivity contribution in [2.24, 2.45) is 11.3 Å². The van der Waals surface area contributed by atoms with Crippen molar-refractivity contribution in [3.63, 3.8) is 0 Å². The average Bonchev–Trinajstić information content (AvgIpc) is 2.60. The highest BCUT2D eigenvalue weighted by atomic mass is 16.5. The number of Topliss-reactive ketones (excluding diaryl/α,β-unsaturated/α-hetero) is 2. The lowest BCUT2D eigenvalue weighted by molar-refractivity contribution is -0.0653. The molecule has 0 radical (unpaired) electrons. The van der Waals surface area contributed by atoms with Crippen LogP contribution in [0.3, 0.4) is 0 Å². The highest BCUT2D eigenvalue weighted by molar-refractivity contribution is 6.19. The Bertz CT molecular complexity index is 577. The van der Waals surface area contributed by atoms with Gasteiger partial charge in [0.25, 0.3) is 0 Å². The SMILES string of the molecule is C[C@@H]1C[C@@]23C(=O)c4ccccc4C(=O)[C@@H]2C[C@H]3O1. The molecule has 1 heterocycles. The van der Waals surface area contributed by atoms with E-state index in [1.165, 1.54) is 0 Å². The van der Waals surface area contributed by atoms with E-state index in [1.807, 2.05) is 19.1 Å². The molecule has 0 N–H and O–H groups in total. The first-order chi connectivity index (χ1) is 8.64. The molecule has 0 aromatic heterocycles. The number of carbonyl (C=O) groups excluding carboxylic acids is 2. The summed E-state index contributed by atoms with van der Waals surface area (Å²) in [5.41, 5.74) is 0.669. The molecule has 2 fully saturated rings. The van der Waals surface area contributed by atoms with Crippen molar-refractivity contribution < 1.29 is 14.3 Å². The van der Waals surface area contributed by atoms with Crippen LogP contribution in [0.5, 0.6) is 0 Å². The predicted molar refractivity (Wildman–Crippen MR) is 64.6 cm³/mol. The van der Waals surface area contributed by atoms with E-state index >= 15 is 0 Å². The fourth-order valence-electron chi connectivity index (χ4n) is 4.03. The lowest BCUT2D eigenvalue weighted by Gasteiger charge is -2.51. The van der Waals surface area contributed by atoms with E-state index in [9.17, 15) is 9.59 Å². The first-order valence-electron chi connectivity index (χ1n) is 6.48. The average molecular weight is 242 g/mol. The van der Waals surface area contributed by atoms with Crippen LogP contribution in [0, 0.1) is 11.3 Å². The van der Waals surface area contributed by atoms with Crippen molar-refractivity contribution in [3.8, 4) is 0 Å². The molecule has 1 aliphatic heterocycles. The Hall–Kier alpha value is -1.48. The molecule has 1 spiro atoms. The molecule has 1 aromatic rings. The van der Waals surface area contributed by atoms with Gasteiger partial charge >= 0.3 is 0 Å². The Morgan fingerprint density at radius 3 is 2.67 bits per heavy atom. The summed E-state index contributed by atoms with van der Waals surface area (Å²) in [6.45, 7) is 1.99. The van der Waals surface area contributed by atoms with Crippen molar-refractivity contribution >= 4 is 11.6 Å². The van der Waals surface area contributed by atoms with E-state index in [4.69, 9.17) is 4.74 Å². The highest BCUT2D eigenvalue weighted by Gasteiger charge is 2.69.